The Bertz CT molecular complexity index is 758. The zero-order chi connectivity index (χ0) is 18.7. The van der Waals surface area contributed by atoms with Crippen LogP contribution in [-0.2, 0) is 6.18 Å². The SMILES string of the molecule is COc1nc(N[C@H]2CC[C@H](C)CC2)ncc1-c1ccnc(C(F)(F)F)c1. The van der Waals surface area contributed by atoms with Gasteiger partial charge in [-0.05, 0) is 49.3 Å². The molecular weight excluding hydrogens is 345 g/mol. The normalized spacial score (nSPS) is 20.7. The van der Waals surface area contributed by atoms with Crippen LogP contribution in [-0.4, -0.2) is 28.1 Å². The number of aromatic nitrogens is 3. The van der Waals surface area contributed by atoms with Crippen LogP contribution in [0.4, 0.5) is 19.1 Å². The number of pyridine rings is 1. The van der Waals surface area contributed by atoms with Crippen molar-refractivity contribution in [2.24, 2.45) is 5.92 Å². The van der Waals surface area contributed by atoms with E-state index in [9.17, 15) is 13.2 Å². The molecule has 0 radical (unpaired) electrons. The van der Waals surface area contributed by atoms with E-state index < -0.39 is 11.9 Å². The van der Waals surface area contributed by atoms with Crippen LogP contribution < -0.4 is 10.1 Å². The molecule has 1 fully saturated rings. The van der Waals surface area contributed by atoms with Crippen molar-refractivity contribution in [1.29, 1.82) is 0 Å². The largest absolute Gasteiger partial charge is 0.480 e. The molecule has 0 aliphatic heterocycles. The molecule has 0 aromatic carbocycles. The molecular formula is C18H21F3N4O. The monoisotopic (exact) mass is 366 g/mol. The van der Waals surface area contributed by atoms with E-state index in [1.54, 1.807) is 0 Å². The summed E-state index contributed by atoms with van der Waals surface area (Å²) in [6.45, 7) is 2.24. The third kappa shape index (κ3) is 4.23. The number of anilines is 1. The first-order chi connectivity index (χ1) is 12.4. The van der Waals surface area contributed by atoms with Crippen molar-refractivity contribution in [3.05, 3.63) is 30.2 Å². The average Bonchev–Trinajstić information content (AvgIpc) is 2.63. The molecule has 3 rings (SSSR count). The highest BCUT2D eigenvalue weighted by molar-refractivity contribution is 5.68. The lowest BCUT2D eigenvalue weighted by atomic mass is 9.87. The van der Waals surface area contributed by atoms with Gasteiger partial charge < -0.3 is 10.1 Å². The molecule has 26 heavy (non-hydrogen) atoms. The zero-order valence-corrected chi connectivity index (χ0v) is 14.7. The fourth-order valence-electron chi connectivity index (χ4n) is 3.13. The fraction of sp³-hybridized carbons (Fsp3) is 0.500. The van der Waals surface area contributed by atoms with Crippen LogP contribution in [0.3, 0.4) is 0 Å². The maximum atomic E-state index is 12.9. The molecule has 140 valence electrons. The Morgan fingerprint density at radius 1 is 1.15 bits per heavy atom. The number of rotatable bonds is 4. The molecule has 0 saturated heterocycles. The molecule has 1 aliphatic rings. The molecule has 0 unspecified atom stereocenters. The van der Waals surface area contributed by atoms with E-state index in [2.05, 4.69) is 27.2 Å². The van der Waals surface area contributed by atoms with Crippen LogP contribution in [0, 0.1) is 5.92 Å². The molecule has 2 aromatic rings. The molecule has 8 heteroatoms. The minimum atomic E-state index is -4.51. The van der Waals surface area contributed by atoms with Crippen molar-refractivity contribution >= 4 is 5.95 Å². The van der Waals surface area contributed by atoms with E-state index in [0.29, 0.717) is 23.1 Å². The van der Waals surface area contributed by atoms with Gasteiger partial charge in [0.25, 0.3) is 0 Å². The lowest BCUT2D eigenvalue weighted by Crippen LogP contribution is -2.26. The van der Waals surface area contributed by atoms with Gasteiger partial charge >= 0.3 is 6.18 Å². The van der Waals surface area contributed by atoms with Gasteiger partial charge in [-0.15, -0.1) is 0 Å². The van der Waals surface area contributed by atoms with Crippen LogP contribution in [0.5, 0.6) is 5.88 Å². The van der Waals surface area contributed by atoms with Crippen LogP contribution in [0.25, 0.3) is 11.1 Å². The number of methoxy groups -OCH3 is 1. The summed E-state index contributed by atoms with van der Waals surface area (Å²) >= 11 is 0. The van der Waals surface area contributed by atoms with Gasteiger partial charge in [0.2, 0.25) is 11.8 Å². The third-order valence-electron chi connectivity index (χ3n) is 4.66. The lowest BCUT2D eigenvalue weighted by molar-refractivity contribution is -0.141. The average molecular weight is 366 g/mol. The molecule has 5 nitrogen and oxygen atoms in total. The molecule has 1 aliphatic carbocycles. The summed E-state index contributed by atoms with van der Waals surface area (Å²) in [4.78, 5) is 12.0. The van der Waals surface area contributed by atoms with Gasteiger partial charge in [-0.3, -0.25) is 4.98 Å². The number of hydrogen-bond donors (Lipinski definition) is 1. The van der Waals surface area contributed by atoms with E-state index in [1.165, 1.54) is 19.4 Å². The first kappa shape index (κ1) is 18.4. The van der Waals surface area contributed by atoms with E-state index in [1.807, 2.05) is 0 Å². The van der Waals surface area contributed by atoms with Gasteiger partial charge in [0, 0.05) is 18.4 Å². The van der Waals surface area contributed by atoms with Crippen LogP contribution in [0.1, 0.15) is 38.3 Å². The van der Waals surface area contributed by atoms with Gasteiger partial charge in [0.15, 0.2) is 0 Å². The first-order valence-electron chi connectivity index (χ1n) is 8.58. The van der Waals surface area contributed by atoms with Crippen molar-refractivity contribution in [2.45, 2.75) is 44.8 Å². The number of nitrogens with one attached hydrogen (secondary N) is 1. The van der Waals surface area contributed by atoms with E-state index >= 15 is 0 Å². The number of ether oxygens (including phenoxy) is 1. The van der Waals surface area contributed by atoms with Crippen molar-refractivity contribution in [1.82, 2.24) is 15.0 Å². The molecule has 1 saturated carbocycles. The van der Waals surface area contributed by atoms with Gasteiger partial charge in [-0.25, -0.2) is 4.98 Å². The summed E-state index contributed by atoms with van der Waals surface area (Å²) in [5.74, 6) is 1.39. The van der Waals surface area contributed by atoms with Crippen molar-refractivity contribution in [3.63, 3.8) is 0 Å². The van der Waals surface area contributed by atoms with Crippen LogP contribution >= 0.6 is 0 Å². The highest BCUT2D eigenvalue weighted by Gasteiger charge is 2.32. The van der Waals surface area contributed by atoms with Crippen molar-refractivity contribution in [2.75, 3.05) is 12.4 Å². The zero-order valence-electron chi connectivity index (χ0n) is 14.7. The second-order valence-corrected chi connectivity index (χ2v) is 6.65. The highest BCUT2D eigenvalue weighted by Crippen LogP contribution is 2.33. The first-order valence-corrected chi connectivity index (χ1v) is 8.58. The Morgan fingerprint density at radius 3 is 2.54 bits per heavy atom. The van der Waals surface area contributed by atoms with Crippen LogP contribution in [0.2, 0.25) is 0 Å². The predicted octanol–water partition coefficient (Wildman–Crippen LogP) is 4.56. The minimum absolute atomic E-state index is 0.228. The highest BCUT2D eigenvalue weighted by atomic mass is 19.4. The molecule has 2 heterocycles. The van der Waals surface area contributed by atoms with Gasteiger partial charge in [0.05, 0.1) is 12.7 Å². The van der Waals surface area contributed by atoms with E-state index in [0.717, 1.165) is 43.9 Å². The Balaban J connectivity index is 1.83. The smallest absolute Gasteiger partial charge is 0.433 e. The summed E-state index contributed by atoms with van der Waals surface area (Å²) in [5.41, 5.74) is -0.263. The Hall–Kier alpha value is -2.38. The minimum Gasteiger partial charge on any atom is -0.480 e. The fourth-order valence-corrected chi connectivity index (χ4v) is 3.13. The second kappa shape index (κ2) is 7.47. The molecule has 0 bridgehead atoms. The summed E-state index contributed by atoms with van der Waals surface area (Å²) in [6.07, 6.45) is 2.50. The van der Waals surface area contributed by atoms with Crippen LogP contribution in [0.15, 0.2) is 24.5 Å². The molecule has 0 amide bonds. The molecule has 0 atom stereocenters. The summed E-state index contributed by atoms with van der Waals surface area (Å²) in [5, 5.41) is 3.30. The number of hydrogen-bond acceptors (Lipinski definition) is 5. The van der Waals surface area contributed by atoms with Gasteiger partial charge in [0.1, 0.15) is 5.69 Å². The standard InChI is InChI=1S/C18H21F3N4O/c1-11-3-5-13(6-4-11)24-17-23-10-14(16(25-17)26-2)12-7-8-22-15(9-12)18(19,20)21/h7-11,13H,3-6H2,1-2H3,(H,23,24,25)/t11-,13-. The predicted molar refractivity (Wildman–Crippen MR) is 91.9 cm³/mol. The lowest BCUT2D eigenvalue weighted by Gasteiger charge is -2.27. The van der Waals surface area contributed by atoms with Crippen molar-refractivity contribution in [3.8, 4) is 17.0 Å². The quantitative estimate of drug-likeness (QED) is 0.860. The molecule has 2 aromatic heterocycles. The molecule has 0 spiro atoms. The third-order valence-corrected chi connectivity index (χ3v) is 4.66. The van der Waals surface area contributed by atoms with E-state index in [-0.39, 0.29) is 5.88 Å². The maximum Gasteiger partial charge on any atom is 0.433 e. The van der Waals surface area contributed by atoms with Gasteiger partial charge in [-0.2, -0.15) is 18.2 Å². The summed E-state index contributed by atoms with van der Waals surface area (Å²) in [6, 6.07) is 2.75. The second-order valence-electron chi connectivity index (χ2n) is 6.65. The maximum absolute atomic E-state index is 12.9. The Labute approximate surface area is 150 Å². The Morgan fingerprint density at radius 2 is 1.88 bits per heavy atom. The topological polar surface area (TPSA) is 59.9 Å². The summed E-state index contributed by atoms with van der Waals surface area (Å²) < 4.78 is 43.9. The summed E-state index contributed by atoms with van der Waals surface area (Å²) in [7, 11) is 1.43. The number of nitrogens with zero attached hydrogens (tertiary/aromatic N) is 3. The Kier molecular flexibility index (Phi) is 5.29. The van der Waals surface area contributed by atoms with Gasteiger partial charge in [-0.1, -0.05) is 6.92 Å². The molecule has 1 N–H and O–H groups in total. The number of halogens is 3. The van der Waals surface area contributed by atoms with Crippen molar-refractivity contribution < 1.29 is 17.9 Å². The number of alkyl halides is 3. The van der Waals surface area contributed by atoms with E-state index in [4.69, 9.17) is 4.74 Å².